The van der Waals surface area contributed by atoms with Crippen molar-refractivity contribution < 1.29 is 26.0 Å². The van der Waals surface area contributed by atoms with Gasteiger partial charge in [0.2, 0.25) is 10.0 Å². The average Bonchev–Trinajstić information content (AvgIpc) is 2.25. The first kappa shape index (κ1) is 14.9. The van der Waals surface area contributed by atoms with Crippen molar-refractivity contribution in [3.8, 4) is 0 Å². The normalized spacial score (nSPS) is 11.9. The summed E-state index contributed by atoms with van der Waals surface area (Å²) in [5.74, 6) is -7.40. The van der Waals surface area contributed by atoms with Gasteiger partial charge in [-0.3, -0.25) is 0 Å². The molecule has 0 heterocycles. The van der Waals surface area contributed by atoms with Crippen molar-refractivity contribution in [1.29, 1.82) is 0 Å². The summed E-state index contributed by atoms with van der Waals surface area (Å²) in [6, 6.07) is 0. The summed E-state index contributed by atoms with van der Waals surface area (Å²) in [6.45, 7) is 1.72. The topological polar surface area (TPSA) is 60.2 Å². The van der Waals surface area contributed by atoms with E-state index >= 15 is 0 Å². The highest BCUT2D eigenvalue weighted by Crippen LogP contribution is 2.27. The van der Waals surface area contributed by atoms with E-state index in [9.17, 15) is 26.0 Å². The highest BCUT2D eigenvalue weighted by Gasteiger charge is 2.30. The molecule has 0 bridgehead atoms. The predicted octanol–water partition coefficient (Wildman–Crippen LogP) is 2.23. The molecule has 0 unspecified atom stereocenters. The van der Waals surface area contributed by atoms with E-state index in [1.54, 1.807) is 6.92 Å². The molecule has 1 rings (SSSR count). The molecule has 0 saturated carbocycles. The second-order valence-electron chi connectivity index (χ2n) is 3.71. The zero-order valence-corrected chi connectivity index (χ0v) is 10.3. The Labute approximate surface area is 102 Å². The first-order valence-electron chi connectivity index (χ1n) is 5.09. The monoisotopic (exact) mass is 285 g/mol. The molecule has 1 aromatic carbocycles. The summed E-state index contributed by atoms with van der Waals surface area (Å²) in [5.41, 5.74) is -0.806. The van der Waals surface area contributed by atoms with Gasteiger partial charge in [-0.05, 0) is 12.8 Å². The second-order valence-corrected chi connectivity index (χ2v) is 5.21. The number of benzene rings is 1. The molecule has 8 heteroatoms. The quantitative estimate of drug-likeness (QED) is 0.681. The predicted molar refractivity (Wildman–Crippen MR) is 56.3 cm³/mol. The van der Waals surface area contributed by atoms with Crippen molar-refractivity contribution in [3.63, 3.8) is 0 Å². The molecule has 3 nitrogen and oxygen atoms in total. The van der Waals surface area contributed by atoms with Crippen LogP contribution in [-0.2, 0) is 16.4 Å². The van der Waals surface area contributed by atoms with Gasteiger partial charge in [0.05, 0.1) is 0 Å². The summed E-state index contributed by atoms with van der Waals surface area (Å²) in [6.07, 6.45) is 0.632. The Hall–Kier alpha value is -1.15. The van der Waals surface area contributed by atoms with Crippen molar-refractivity contribution in [1.82, 2.24) is 0 Å². The summed E-state index contributed by atoms with van der Waals surface area (Å²) >= 11 is 0. The Morgan fingerprint density at radius 1 is 1.00 bits per heavy atom. The lowest BCUT2D eigenvalue weighted by Gasteiger charge is -2.10. The average molecular weight is 285 g/mol. The van der Waals surface area contributed by atoms with Gasteiger partial charge in [-0.25, -0.2) is 31.1 Å². The minimum Gasteiger partial charge on any atom is -0.224 e. The standard InChI is InChI=1S/C10H11F4NO2S/c1-2-3-4-5-6(11)8(13)10(18(15,16)17)9(14)7(5)12/h2-4H2,1H3,(H2,15,16,17). The van der Waals surface area contributed by atoms with Gasteiger partial charge >= 0.3 is 0 Å². The van der Waals surface area contributed by atoms with Crippen LogP contribution in [0.1, 0.15) is 25.3 Å². The Morgan fingerprint density at radius 2 is 1.44 bits per heavy atom. The van der Waals surface area contributed by atoms with Gasteiger partial charge < -0.3 is 0 Å². The van der Waals surface area contributed by atoms with E-state index in [1.807, 2.05) is 0 Å². The van der Waals surface area contributed by atoms with E-state index in [-0.39, 0.29) is 6.42 Å². The van der Waals surface area contributed by atoms with Gasteiger partial charge in [-0.2, -0.15) is 0 Å². The van der Waals surface area contributed by atoms with E-state index < -0.39 is 43.8 Å². The number of unbranched alkanes of at least 4 members (excludes halogenated alkanes) is 1. The number of nitrogens with two attached hydrogens (primary N) is 1. The van der Waals surface area contributed by atoms with Crippen molar-refractivity contribution in [2.75, 3.05) is 0 Å². The van der Waals surface area contributed by atoms with Crippen molar-refractivity contribution in [2.24, 2.45) is 5.14 Å². The number of sulfonamides is 1. The van der Waals surface area contributed by atoms with Gasteiger partial charge in [-0.1, -0.05) is 13.3 Å². The van der Waals surface area contributed by atoms with Crippen LogP contribution in [0.5, 0.6) is 0 Å². The Kier molecular flexibility index (Phi) is 4.33. The van der Waals surface area contributed by atoms with Gasteiger partial charge in [0, 0.05) is 5.56 Å². The summed E-state index contributed by atoms with van der Waals surface area (Å²) < 4.78 is 75.4. The van der Waals surface area contributed by atoms with Crippen molar-refractivity contribution in [3.05, 3.63) is 28.8 Å². The molecule has 18 heavy (non-hydrogen) atoms. The summed E-state index contributed by atoms with van der Waals surface area (Å²) in [5, 5.41) is 4.51. The Bertz CT molecular complexity index is 543. The highest BCUT2D eigenvalue weighted by molar-refractivity contribution is 7.89. The fourth-order valence-corrected chi connectivity index (χ4v) is 2.16. The Balaban J connectivity index is 3.56. The van der Waals surface area contributed by atoms with Crippen molar-refractivity contribution in [2.45, 2.75) is 31.1 Å². The fraction of sp³-hybridized carbons (Fsp3) is 0.400. The maximum absolute atomic E-state index is 13.5. The largest absolute Gasteiger partial charge is 0.244 e. The van der Waals surface area contributed by atoms with Crippen LogP contribution in [0.15, 0.2) is 4.90 Å². The van der Waals surface area contributed by atoms with Crippen LogP contribution in [0.3, 0.4) is 0 Å². The van der Waals surface area contributed by atoms with Crippen LogP contribution in [0.4, 0.5) is 17.6 Å². The molecule has 0 amide bonds. The van der Waals surface area contributed by atoms with E-state index in [4.69, 9.17) is 0 Å². The summed E-state index contributed by atoms with van der Waals surface area (Å²) in [4.78, 5) is -1.78. The van der Waals surface area contributed by atoms with Crippen LogP contribution in [0.2, 0.25) is 0 Å². The zero-order valence-electron chi connectivity index (χ0n) is 9.44. The number of primary sulfonamides is 1. The van der Waals surface area contributed by atoms with Gasteiger partial charge in [0.25, 0.3) is 0 Å². The number of hydrogen-bond acceptors (Lipinski definition) is 2. The van der Waals surface area contributed by atoms with Crippen LogP contribution >= 0.6 is 0 Å². The van der Waals surface area contributed by atoms with Crippen LogP contribution in [0, 0.1) is 23.3 Å². The van der Waals surface area contributed by atoms with Crippen LogP contribution in [-0.4, -0.2) is 8.42 Å². The van der Waals surface area contributed by atoms with Crippen LogP contribution in [0.25, 0.3) is 0 Å². The molecule has 0 spiro atoms. The third-order valence-electron chi connectivity index (χ3n) is 2.38. The first-order chi connectivity index (χ1) is 8.21. The molecule has 0 radical (unpaired) electrons. The number of halogens is 4. The molecule has 0 aliphatic rings. The van der Waals surface area contributed by atoms with E-state index in [1.165, 1.54) is 0 Å². The fourth-order valence-electron chi connectivity index (χ4n) is 1.48. The van der Waals surface area contributed by atoms with E-state index in [0.717, 1.165) is 0 Å². The first-order valence-corrected chi connectivity index (χ1v) is 6.64. The molecule has 0 saturated heterocycles. The third-order valence-corrected chi connectivity index (χ3v) is 3.31. The number of rotatable bonds is 4. The molecule has 0 aliphatic carbocycles. The smallest absolute Gasteiger partial charge is 0.224 e. The molecule has 2 N–H and O–H groups in total. The molecule has 1 aromatic rings. The lowest BCUT2D eigenvalue weighted by atomic mass is 10.1. The minimum absolute atomic E-state index is 0.229. The lowest BCUT2D eigenvalue weighted by Crippen LogP contribution is -2.19. The third kappa shape index (κ3) is 2.64. The molecule has 0 fully saturated rings. The molecular formula is C10H11F4NO2S. The molecule has 0 aromatic heterocycles. The SMILES string of the molecule is CCCCc1c(F)c(F)c(S(N)(=O)=O)c(F)c1F. The molecule has 102 valence electrons. The van der Waals surface area contributed by atoms with Gasteiger partial charge in [0.1, 0.15) is 0 Å². The van der Waals surface area contributed by atoms with Crippen LogP contribution < -0.4 is 5.14 Å². The minimum atomic E-state index is -4.88. The maximum atomic E-state index is 13.5. The zero-order chi connectivity index (χ0) is 14.1. The molecule has 0 atom stereocenters. The molecule has 0 aliphatic heterocycles. The van der Waals surface area contributed by atoms with E-state index in [2.05, 4.69) is 5.14 Å². The second kappa shape index (κ2) is 5.23. The van der Waals surface area contributed by atoms with Gasteiger partial charge in [0.15, 0.2) is 28.2 Å². The summed E-state index contributed by atoms with van der Waals surface area (Å²) in [7, 11) is -4.88. The Morgan fingerprint density at radius 3 is 1.78 bits per heavy atom. The van der Waals surface area contributed by atoms with E-state index in [0.29, 0.717) is 12.8 Å². The van der Waals surface area contributed by atoms with Crippen molar-refractivity contribution >= 4 is 10.0 Å². The lowest BCUT2D eigenvalue weighted by molar-refractivity contribution is 0.406. The number of hydrogen-bond donors (Lipinski definition) is 1. The molecular weight excluding hydrogens is 274 g/mol. The van der Waals surface area contributed by atoms with Gasteiger partial charge in [-0.15, -0.1) is 0 Å². The maximum Gasteiger partial charge on any atom is 0.244 e. The highest BCUT2D eigenvalue weighted by atomic mass is 32.2.